The molecule has 1 aromatic heterocycles. The molecule has 0 unspecified atom stereocenters. The summed E-state index contributed by atoms with van der Waals surface area (Å²) < 4.78 is 1.30. The van der Waals surface area contributed by atoms with E-state index in [0.29, 0.717) is 12.1 Å². The van der Waals surface area contributed by atoms with Gasteiger partial charge in [0, 0.05) is 25.0 Å². The zero-order valence-corrected chi connectivity index (χ0v) is 13.8. The Hall–Kier alpha value is -0.970. The maximum absolute atomic E-state index is 4.70. The van der Waals surface area contributed by atoms with Gasteiger partial charge in [-0.3, -0.25) is 0 Å². The van der Waals surface area contributed by atoms with E-state index in [-0.39, 0.29) is 0 Å². The largest absolute Gasteiger partial charge is 0.313 e. The fourth-order valence-electron chi connectivity index (χ4n) is 3.03. The van der Waals surface area contributed by atoms with E-state index in [1.807, 2.05) is 11.3 Å². The van der Waals surface area contributed by atoms with Crippen LogP contribution < -0.4 is 5.32 Å². The van der Waals surface area contributed by atoms with Crippen molar-refractivity contribution in [1.29, 1.82) is 0 Å². The maximum atomic E-state index is 4.70. The highest BCUT2D eigenvalue weighted by atomic mass is 32.1. The molecule has 0 aliphatic carbocycles. The van der Waals surface area contributed by atoms with Crippen LogP contribution in [0, 0.1) is 0 Å². The second-order valence-corrected chi connectivity index (χ2v) is 7.30. The molecule has 1 aromatic carbocycles. The summed E-state index contributed by atoms with van der Waals surface area (Å²) in [5.41, 5.74) is 1.14. The van der Waals surface area contributed by atoms with Crippen molar-refractivity contribution in [3.05, 3.63) is 29.3 Å². The fraction of sp³-hybridized carbons (Fsp3) is 0.588. The highest BCUT2D eigenvalue weighted by molar-refractivity contribution is 7.18. The molecule has 1 fully saturated rings. The Morgan fingerprint density at radius 2 is 2.05 bits per heavy atom. The number of nitrogens with one attached hydrogen (secondary N) is 1. The van der Waals surface area contributed by atoms with Gasteiger partial charge >= 0.3 is 0 Å². The molecule has 0 amide bonds. The van der Waals surface area contributed by atoms with E-state index < -0.39 is 0 Å². The van der Waals surface area contributed by atoms with Crippen LogP contribution in [-0.2, 0) is 6.42 Å². The Kier molecular flexibility index (Phi) is 4.88. The van der Waals surface area contributed by atoms with Gasteiger partial charge in [-0.05, 0) is 51.9 Å². The zero-order chi connectivity index (χ0) is 14.7. The van der Waals surface area contributed by atoms with Gasteiger partial charge in [0.2, 0.25) is 0 Å². The minimum atomic E-state index is 0.689. The van der Waals surface area contributed by atoms with Crippen LogP contribution in [0.4, 0.5) is 0 Å². The monoisotopic (exact) mass is 303 g/mol. The summed E-state index contributed by atoms with van der Waals surface area (Å²) in [6.07, 6.45) is 3.60. The van der Waals surface area contributed by atoms with Crippen molar-refractivity contribution in [1.82, 2.24) is 15.2 Å². The number of benzene rings is 1. The summed E-state index contributed by atoms with van der Waals surface area (Å²) in [6, 6.07) is 9.79. The smallest absolute Gasteiger partial charge is 0.0951 e. The molecule has 1 aliphatic heterocycles. The molecule has 1 N–H and O–H groups in total. The SMILES string of the molecule is CC(C)N1CCC(NCCc2nc3ccccc3s2)CC1. The number of para-hydroxylation sites is 1. The molecule has 2 heterocycles. The Balaban J connectivity index is 1.44. The quantitative estimate of drug-likeness (QED) is 0.918. The first-order valence-corrected chi connectivity index (χ1v) is 8.86. The summed E-state index contributed by atoms with van der Waals surface area (Å²) in [6.45, 7) is 8.10. The normalized spacial score (nSPS) is 17.9. The van der Waals surface area contributed by atoms with E-state index in [1.54, 1.807) is 0 Å². The van der Waals surface area contributed by atoms with Crippen molar-refractivity contribution < 1.29 is 0 Å². The molecule has 0 atom stereocenters. The number of fused-ring (bicyclic) bond motifs is 1. The molecule has 0 saturated carbocycles. The second kappa shape index (κ2) is 6.86. The summed E-state index contributed by atoms with van der Waals surface area (Å²) in [7, 11) is 0. The van der Waals surface area contributed by atoms with Crippen LogP contribution in [0.5, 0.6) is 0 Å². The van der Waals surface area contributed by atoms with E-state index in [4.69, 9.17) is 4.98 Å². The van der Waals surface area contributed by atoms with Crippen LogP contribution in [0.3, 0.4) is 0 Å². The lowest BCUT2D eigenvalue weighted by atomic mass is 10.0. The van der Waals surface area contributed by atoms with Crippen LogP contribution in [0.2, 0.25) is 0 Å². The first-order chi connectivity index (χ1) is 10.2. The van der Waals surface area contributed by atoms with Gasteiger partial charge < -0.3 is 10.2 Å². The lowest BCUT2D eigenvalue weighted by molar-refractivity contribution is 0.161. The van der Waals surface area contributed by atoms with Crippen LogP contribution in [-0.4, -0.2) is 41.6 Å². The van der Waals surface area contributed by atoms with Gasteiger partial charge in [0.05, 0.1) is 15.2 Å². The Morgan fingerprint density at radius 3 is 2.76 bits per heavy atom. The lowest BCUT2D eigenvalue weighted by Crippen LogP contribution is -2.45. The second-order valence-electron chi connectivity index (χ2n) is 6.18. The first-order valence-electron chi connectivity index (χ1n) is 8.04. The zero-order valence-electron chi connectivity index (χ0n) is 13.0. The molecule has 2 aromatic rings. The number of piperidine rings is 1. The molecule has 21 heavy (non-hydrogen) atoms. The van der Waals surface area contributed by atoms with Gasteiger partial charge in [-0.25, -0.2) is 4.98 Å². The predicted octanol–water partition coefficient (Wildman–Crippen LogP) is 3.30. The average Bonchev–Trinajstić information content (AvgIpc) is 2.90. The molecule has 4 heteroatoms. The van der Waals surface area contributed by atoms with Crippen LogP contribution >= 0.6 is 11.3 Å². The van der Waals surface area contributed by atoms with E-state index in [0.717, 1.165) is 18.5 Å². The van der Waals surface area contributed by atoms with Crippen molar-refractivity contribution in [2.75, 3.05) is 19.6 Å². The number of hydrogen-bond donors (Lipinski definition) is 1. The van der Waals surface area contributed by atoms with Crippen LogP contribution in [0.25, 0.3) is 10.2 Å². The van der Waals surface area contributed by atoms with Crippen molar-refractivity contribution in [3.63, 3.8) is 0 Å². The van der Waals surface area contributed by atoms with Gasteiger partial charge in [0.1, 0.15) is 0 Å². The number of rotatable bonds is 5. The van der Waals surface area contributed by atoms with E-state index in [1.165, 1.54) is 35.6 Å². The minimum Gasteiger partial charge on any atom is -0.313 e. The Morgan fingerprint density at radius 1 is 1.29 bits per heavy atom. The maximum Gasteiger partial charge on any atom is 0.0951 e. The lowest BCUT2D eigenvalue weighted by Gasteiger charge is -2.35. The summed E-state index contributed by atoms with van der Waals surface area (Å²) in [5.74, 6) is 0. The molecule has 3 nitrogen and oxygen atoms in total. The van der Waals surface area contributed by atoms with Gasteiger partial charge in [0.15, 0.2) is 0 Å². The third-order valence-corrected chi connectivity index (χ3v) is 5.47. The van der Waals surface area contributed by atoms with Gasteiger partial charge in [0.25, 0.3) is 0 Å². The minimum absolute atomic E-state index is 0.689. The standard InChI is InChI=1S/C17H25N3S/c1-13(2)20-11-8-14(9-12-20)18-10-7-17-19-15-5-3-4-6-16(15)21-17/h3-6,13-14,18H,7-12H2,1-2H3. The molecule has 0 radical (unpaired) electrons. The summed E-state index contributed by atoms with van der Waals surface area (Å²) >= 11 is 1.83. The number of likely N-dealkylation sites (tertiary alicyclic amines) is 1. The molecule has 1 aliphatic rings. The first kappa shape index (κ1) is 14.9. The molecular formula is C17H25N3S. The van der Waals surface area contributed by atoms with Crippen molar-refractivity contribution in [2.24, 2.45) is 0 Å². The van der Waals surface area contributed by atoms with Crippen LogP contribution in [0.15, 0.2) is 24.3 Å². The number of thiazole rings is 1. The highest BCUT2D eigenvalue weighted by Gasteiger charge is 2.20. The molecule has 0 spiro atoms. The molecule has 0 bridgehead atoms. The Bertz CT molecular complexity index is 537. The van der Waals surface area contributed by atoms with Gasteiger partial charge in [-0.2, -0.15) is 0 Å². The third kappa shape index (κ3) is 3.82. The number of aromatic nitrogens is 1. The van der Waals surface area contributed by atoms with E-state index in [2.05, 4.69) is 48.3 Å². The predicted molar refractivity (Wildman–Crippen MR) is 91.1 cm³/mol. The summed E-state index contributed by atoms with van der Waals surface area (Å²) in [5, 5.41) is 4.97. The highest BCUT2D eigenvalue weighted by Crippen LogP contribution is 2.21. The molecule has 3 rings (SSSR count). The number of hydrogen-bond acceptors (Lipinski definition) is 4. The molecule has 1 saturated heterocycles. The van der Waals surface area contributed by atoms with Gasteiger partial charge in [-0.1, -0.05) is 12.1 Å². The van der Waals surface area contributed by atoms with E-state index in [9.17, 15) is 0 Å². The summed E-state index contributed by atoms with van der Waals surface area (Å²) in [4.78, 5) is 7.28. The third-order valence-electron chi connectivity index (χ3n) is 4.37. The molecule has 114 valence electrons. The van der Waals surface area contributed by atoms with Crippen molar-refractivity contribution in [3.8, 4) is 0 Å². The van der Waals surface area contributed by atoms with Gasteiger partial charge in [-0.15, -0.1) is 11.3 Å². The molecular weight excluding hydrogens is 278 g/mol. The number of nitrogens with zero attached hydrogens (tertiary/aromatic N) is 2. The van der Waals surface area contributed by atoms with Crippen LogP contribution in [0.1, 0.15) is 31.7 Å². The van der Waals surface area contributed by atoms with Crippen molar-refractivity contribution >= 4 is 21.6 Å². The van der Waals surface area contributed by atoms with E-state index >= 15 is 0 Å². The average molecular weight is 303 g/mol. The fourth-order valence-corrected chi connectivity index (χ4v) is 4.00. The topological polar surface area (TPSA) is 28.2 Å². The Labute approximate surface area is 131 Å². The van der Waals surface area contributed by atoms with Crippen molar-refractivity contribution in [2.45, 2.75) is 45.2 Å².